The normalized spacial score (nSPS) is 23.7. The second-order valence-corrected chi connectivity index (χ2v) is 14.9. The highest BCUT2D eigenvalue weighted by atomic mass is 19.1. The lowest BCUT2D eigenvalue weighted by atomic mass is 9.86. The van der Waals surface area contributed by atoms with Crippen molar-refractivity contribution in [2.75, 3.05) is 45.3 Å². The first kappa shape index (κ1) is 33.4. The number of rotatable bonds is 9. The molecule has 2 aliphatic heterocycles. The van der Waals surface area contributed by atoms with Gasteiger partial charge >= 0.3 is 6.01 Å². The fourth-order valence-electron chi connectivity index (χ4n) is 8.49. The maximum absolute atomic E-state index is 17.1. The molecule has 2 atom stereocenters. The summed E-state index contributed by atoms with van der Waals surface area (Å²) in [4.78, 5) is 18.7. The van der Waals surface area contributed by atoms with Crippen molar-refractivity contribution < 1.29 is 23.4 Å². The predicted octanol–water partition coefficient (Wildman–Crippen LogP) is 5.93. The van der Waals surface area contributed by atoms with Gasteiger partial charge in [-0.3, -0.25) is 0 Å². The lowest BCUT2D eigenvalue weighted by molar-refractivity contribution is 0.119. The van der Waals surface area contributed by atoms with Crippen molar-refractivity contribution >= 4 is 27.5 Å². The number of benzene rings is 2. The van der Waals surface area contributed by atoms with Crippen molar-refractivity contribution in [1.82, 2.24) is 25.2 Å². The summed E-state index contributed by atoms with van der Waals surface area (Å²) in [6.45, 7) is 2.56. The minimum atomic E-state index is -0.787. The molecule has 2 saturated carbocycles. The molecule has 10 nitrogen and oxygen atoms in total. The van der Waals surface area contributed by atoms with Crippen LogP contribution < -0.4 is 19.7 Å². The van der Waals surface area contributed by atoms with E-state index in [-0.39, 0.29) is 68.8 Å². The SMILES string of the molecule is C#Cc1c(F)ccc2cc(O)cc(-c3nc(OC)c4c(N5CC6CCC(C5)N6)nc(OCC5(CN(C)C6CCC(C#N)CC6)CC5)nc4c3F)c12. The van der Waals surface area contributed by atoms with Gasteiger partial charge in [-0.1, -0.05) is 12.0 Å². The third kappa shape index (κ3) is 6.15. The highest BCUT2D eigenvalue weighted by molar-refractivity contribution is 6.04. The molecular weight excluding hydrogens is 652 g/mol. The quantitative estimate of drug-likeness (QED) is 0.204. The standard InChI is InChI=1S/C39H41F2N7O3/c1-4-28-30(40)12-7-23-15-27(49)16-29(31(23)28)34-33(41)35-32(37(44-34)50-3)36(48-18-24-8-9-25(19-48)43-24)46-38(45-35)51-21-39(13-14-39)20-47(2)26-10-5-22(17-42)6-11-26/h1,7,12,15-16,22,24-26,43,49H,5-6,8-11,13-14,18-21H2,2-3H3. The van der Waals surface area contributed by atoms with E-state index in [0.29, 0.717) is 42.3 Å². The molecule has 0 radical (unpaired) electrons. The first-order chi connectivity index (χ1) is 24.7. The van der Waals surface area contributed by atoms with E-state index in [0.717, 1.165) is 57.9 Å². The van der Waals surface area contributed by atoms with E-state index >= 15 is 4.39 Å². The van der Waals surface area contributed by atoms with Crippen LogP contribution in [-0.4, -0.2) is 83.5 Å². The number of nitrogens with zero attached hydrogens (tertiary/aromatic N) is 6. The number of nitrogens with one attached hydrogen (secondary N) is 1. The van der Waals surface area contributed by atoms with E-state index in [4.69, 9.17) is 20.9 Å². The van der Waals surface area contributed by atoms with Gasteiger partial charge in [-0.25, -0.2) is 13.8 Å². The molecular formula is C39H41F2N7O3. The van der Waals surface area contributed by atoms with Crippen LogP contribution in [-0.2, 0) is 0 Å². The van der Waals surface area contributed by atoms with E-state index in [1.807, 2.05) is 0 Å². The lowest BCUT2D eigenvalue weighted by Gasteiger charge is -2.35. The molecule has 12 heteroatoms. The summed E-state index contributed by atoms with van der Waals surface area (Å²) in [6, 6.07) is 8.93. The summed E-state index contributed by atoms with van der Waals surface area (Å²) in [5.74, 6) is 1.53. The van der Waals surface area contributed by atoms with Crippen LogP contribution in [0.3, 0.4) is 0 Å². The highest BCUT2D eigenvalue weighted by Gasteiger charge is 2.46. The van der Waals surface area contributed by atoms with Crippen molar-refractivity contribution in [2.24, 2.45) is 11.3 Å². The number of terminal acetylenes is 1. The molecule has 4 aliphatic rings. The average Bonchev–Trinajstić information content (AvgIpc) is 3.83. The third-order valence-electron chi connectivity index (χ3n) is 11.4. The zero-order valence-corrected chi connectivity index (χ0v) is 28.9. The maximum Gasteiger partial charge on any atom is 0.319 e. The minimum absolute atomic E-state index is 0.0471. The van der Waals surface area contributed by atoms with E-state index in [2.05, 4.69) is 44.1 Å². The monoisotopic (exact) mass is 693 g/mol. The summed E-state index contributed by atoms with van der Waals surface area (Å²) < 4.78 is 44.3. The van der Waals surface area contributed by atoms with Gasteiger partial charge < -0.3 is 29.7 Å². The van der Waals surface area contributed by atoms with E-state index in [9.17, 15) is 14.8 Å². The molecule has 51 heavy (non-hydrogen) atoms. The molecule has 2 N–H and O–H groups in total. The van der Waals surface area contributed by atoms with Crippen molar-refractivity contribution in [3.63, 3.8) is 0 Å². The van der Waals surface area contributed by atoms with Crippen LogP contribution in [0.1, 0.15) is 56.9 Å². The number of pyridine rings is 1. The second kappa shape index (κ2) is 13.1. The summed E-state index contributed by atoms with van der Waals surface area (Å²) in [5.41, 5.74) is -0.256. The first-order valence-electron chi connectivity index (χ1n) is 17.8. The molecule has 2 aliphatic carbocycles. The predicted molar refractivity (Wildman–Crippen MR) is 190 cm³/mol. The van der Waals surface area contributed by atoms with Crippen molar-refractivity contribution in [3.8, 4) is 47.3 Å². The fraction of sp³-hybridized carbons (Fsp3) is 0.487. The van der Waals surface area contributed by atoms with Crippen LogP contribution in [0, 0.1) is 46.6 Å². The summed E-state index contributed by atoms with van der Waals surface area (Å²) in [6.07, 6.45) is 13.7. The largest absolute Gasteiger partial charge is 0.508 e. The number of aromatic hydroxyl groups is 1. The molecule has 2 bridgehead atoms. The Morgan fingerprint density at radius 3 is 2.47 bits per heavy atom. The zero-order chi connectivity index (χ0) is 35.4. The Bertz CT molecular complexity index is 2090. The molecule has 2 unspecified atom stereocenters. The van der Waals surface area contributed by atoms with Crippen molar-refractivity contribution in [1.29, 1.82) is 5.26 Å². The molecule has 264 valence electrons. The Morgan fingerprint density at radius 1 is 1.06 bits per heavy atom. The number of fused-ring (bicyclic) bond motifs is 4. The van der Waals surface area contributed by atoms with Gasteiger partial charge in [0, 0.05) is 60.0 Å². The van der Waals surface area contributed by atoms with E-state index in [1.165, 1.54) is 31.4 Å². The first-order valence-corrected chi connectivity index (χ1v) is 17.8. The third-order valence-corrected chi connectivity index (χ3v) is 11.4. The Morgan fingerprint density at radius 2 is 1.80 bits per heavy atom. The Balaban J connectivity index is 1.20. The van der Waals surface area contributed by atoms with Gasteiger partial charge in [-0.05, 0) is 82.0 Å². The number of phenols is 1. The Kier molecular flexibility index (Phi) is 8.56. The van der Waals surface area contributed by atoms with Gasteiger partial charge in [0.25, 0.3) is 0 Å². The smallest absolute Gasteiger partial charge is 0.319 e. The number of halogens is 2. The van der Waals surface area contributed by atoms with Gasteiger partial charge in [0.2, 0.25) is 5.88 Å². The highest BCUT2D eigenvalue weighted by Crippen LogP contribution is 2.48. The van der Waals surface area contributed by atoms with Gasteiger partial charge in [0.1, 0.15) is 34.0 Å². The minimum Gasteiger partial charge on any atom is -0.508 e. The van der Waals surface area contributed by atoms with Crippen LogP contribution in [0.25, 0.3) is 32.9 Å². The number of nitriles is 1. The molecule has 2 saturated heterocycles. The number of piperazine rings is 1. The van der Waals surface area contributed by atoms with Gasteiger partial charge in [-0.2, -0.15) is 15.2 Å². The van der Waals surface area contributed by atoms with E-state index < -0.39 is 11.6 Å². The zero-order valence-electron chi connectivity index (χ0n) is 28.9. The fourth-order valence-corrected chi connectivity index (χ4v) is 8.49. The van der Waals surface area contributed by atoms with E-state index in [1.54, 1.807) is 0 Å². The molecule has 0 amide bonds. The van der Waals surface area contributed by atoms with Crippen LogP contribution in [0.5, 0.6) is 17.6 Å². The topological polar surface area (TPSA) is 120 Å². The van der Waals surface area contributed by atoms with Crippen molar-refractivity contribution in [2.45, 2.75) is 69.5 Å². The number of hydrogen-bond acceptors (Lipinski definition) is 10. The Hall–Kier alpha value is -4.78. The molecule has 2 aromatic heterocycles. The second-order valence-electron chi connectivity index (χ2n) is 14.9. The molecule has 4 heterocycles. The van der Waals surface area contributed by atoms with Gasteiger partial charge in [-0.15, -0.1) is 6.42 Å². The number of ether oxygens (including phenoxy) is 2. The van der Waals surface area contributed by atoms with Gasteiger partial charge in [0.05, 0.1) is 25.3 Å². The van der Waals surface area contributed by atoms with Crippen molar-refractivity contribution in [3.05, 3.63) is 41.5 Å². The van der Waals surface area contributed by atoms with Crippen LogP contribution in [0.4, 0.5) is 14.6 Å². The van der Waals surface area contributed by atoms with Gasteiger partial charge in [0.15, 0.2) is 5.82 Å². The number of methoxy groups -OCH3 is 1. The number of phenolic OH excluding ortho intramolecular Hbond substituents is 1. The molecule has 2 aromatic carbocycles. The molecule has 8 rings (SSSR count). The number of aromatic nitrogens is 3. The lowest BCUT2D eigenvalue weighted by Crippen LogP contribution is -2.51. The number of hydrogen-bond donors (Lipinski definition) is 2. The van der Waals surface area contributed by atoms with Crippen LogP contribution in [0.2, 0.25) is 0 Å². The van der Waals surface area contributed by atoms with Crippen LogP contribution >= 0.6 is 0 Å². The Labute approximate surface area is 295 Å². The summed E-state index contributed by atoms with van der Waals surface area (Å²) in [7, 11) is 3.60. The summed E-state index contributed by atoms with van der Waals surface area (Å²) >= 11 is 0. The molecule has 4 aromatic rings. The number of anilines is 1. The molecule has 4 fully saturated rings. The summed E-state index contributed by atoms with van der Waals surface area (Å²) in [5, 5.41) is 24.6. The average molecular weight is 694 g/mol. The molecule has 0 spiro atoms. The maximum atomic E-state index is 17.1. The van der Waals surface area contributed by atoms with Crippen LogP contribution in [0.15, 0.2) is 24.3 Å².